The van der Waals surface area contributed by atoms with E-state index in [2.05, 4.69) is 5.32 Å². The van der Waals surface area contributed by atoms with Crippen LogP contribution in [0.25, 0.3) is 0 Å². The van der Waals surface area contributed by atoms with Gasteiger partial charge in [0.15, 0.2) is 0 Å². The van der Waals surface area contributed by atoms with Crippen LogP contribution in [-0.4, -0.2) is 35.3 Å². The first-order chi connectivity index (χ1) is 11.6. The first-order valence-electron chi connectivity index (χ1n) is 8.34. The smallest absolute Gasteiger partial charge is 0.261 e. The second-order valence-corrected chi connectivity index (χ2v) is 7.68. The topological polar surface area (TPSA) is 49.4 Å². The Morgan fingerprint density at radius 1 is 1.17 bits per heavy atom. The average Bonchev–Trinajstić information content (AvgIpc) is 3.31. The lowest BCUT2D eigenvalue weighted by atomic mass is 10.0. The first-order valence-corrected chi connectivity index (χ1v) is 9.22. The number of fused-ring (bicyclic) bond motifs is 2. The summed E-state index contributed by atoms with van der Waals surface area (Å²) >= 11 is 1.45. The Morgan fingerprint density at radius 2 is 2.00 bits per heavy atom. The summed E-state index contributed by atoms with van der Waals surface area (Å²) in [4.78, 5) is 28.0. The minimum absolute atomic E-state index is 0.0224. The van der Waals surface area contributed by atoms with Crippen LogP contribution in [0.1, 0.15) is 38.4 Å². The van der Waals surface area contributed by atoms with Crippen molar-refractivity contribution in [1.29, 1.82) is 0 Å². The quantitative estimate of drug-likeness (QED) is 0.933. The van der Waals surface area contributed by atoms with Crippen molar-refractivity contribution in [3.63, 3.8) is 0 Å². The van der Waals surface area contributed by atoms with E-state index in [1.807, 2.05) is 53.6 Å². The van der Waals surface area contributed by atoms with Crippen molar-refractivity contribution in [3.05, 3.63) is 57.8 Å². The van der Waals surface area contributed by atoms with Crippen LogP contribution in [0.3, 0.4) is 0 Å². The summed E-state index contributed by atoms with van der Waals surface area (Å²) in [5.41, 5.74) is 1.78. The van der Waals surface area contributed by atoms with Crippen LogP contribution in [0.15, 0.2) is 41.8 Å². The number of hydrogen-bond acceptors (Lipinski definition) is 3. The molecule has 1 saturated carbocycles. The molecule has 5 heteroatoms. The van der Waals surface area contributed by atoms with E-state index in [-0.39, 0.29) is 23.9 Å². The molecule has 1 N–H and O–H groups in total. The largest absolute Gasteiger partial charge is 0.347 e. The van der Waals surface area contributed by atoms with Crippen LogP contribution in [0.4, 0.5) is 0 Å². The van der Waals surface area contributed by atoms with Gasteiger partial charge in [0.2, 0.25) is 0 Å². The summed E-state index contributed by atoms with van der Waals surface area (Å²) < 4.78 is 0. The minimum Gasteiger partial charge on any atom is -0.347 e. The highest BCUT2D eigenvalue weighted by Gasteiger charge is 2.47. The molecule has 4 rings (SSSR count). The van der Waals surface area contributed by atoms with Crippen LogP contribution in [0, 0.1) is 12.8 Å². The van der Waals surface area contributed by atoms with Gasteiger partial charge in [0.1, 0.15) is 0 Å². The Hall–Kier alpha value is -2.14. The molecule has 2 amide bonds. The van der Waals surface area contributed by atoms with Crippen LogP contribution in [0.2, 0.25) is 0 Å². The molecule has 24 heavy (non-hydrogen) atoms. The molecule has 0 spiro atoms. The van der Waals surface area contributed by atoms with E-state index in [0.717, 1.165) is 35.4 Å². The summed E-state index contributed by atoms with van der Waals surface area (Å²) in [6.07, 6.45) is 1.96. The van der Waals surface area contributed by atoms with Crippen molar-refractivity contribution < 1.29 is 9.59 Å². The lowest BCUT2D eigenvalue weighted by molar-refractivity contribution is 0.0648. The van der Waals surface area contributed by atoms with E-state index in [1.54, 1.807) is 0 Å². The summed E-state index contributed by atoms with van der Waals surface area (Å²) in [5.74, 6) is 0.568. The zero-order valence-electron chi connectivity index (χ0n) is 13.6. The molecule has 1 aromatic carbocycles. The summed E-state index contributed by atoms with van der Waals surface area (Å²) in [6, 6.07) is 11.6. The van der Waals surface area contributed by atoms with Crippen LogP contribution in [0.5, 0.6) is 0 Å². The molecule has 3 atom stereocenters. The highest BCUT2D eigenvalue weighted by Crippen LogP contribution is 2.39. The first kappa shape index (κ1) is 15.4. The zero-order chi connectivity index (χ0) is 16.7. The van der Waals surface area contributed by atoms with Gasteiger partial charge < -0.3 is 10.2 Å². The van der Waals surface area contributed by atoms with Gasteiger partial charge in [-0.05, 0) is 48.8 Å². The minimum atomic E-state index is -0.0224. The number of aryl methyl sites for hydroxylation is 1. The molecule has 1 saturated heterocycles. The molecule has 4 nitrogen and oxygen atoms in total. The number of thiophene rings is 1. The molecule has 2 fully saturated rings. The van der Waals surface area contributed by atoms with Crippen LogP contribution < -0.4 is 5.32 Å². The van der Waals surface area contributed by atoms with Gasteiger partial charge in [-0.15, -0.1) is 11.3 Å². The molecule has 2 aromatic rings. The number of nitrogens with one attached hydrogen (secondary N) is 1. The highest BCUT2D eigenvalue weighted by molar-refractivity contribution is 7.12. The number of rotatable bonds is 3. The normalized spacial score (nSPS) is 25.0. The molecule has 3 unspecified atom stereocenters. The van der Waals surface area contributed by atoms with Gasteiger partial charge in [0.25, 0.3) is 11.8 Å². The second kappa shape index (κ2) is 6.06. The third-order valence-electron chi connectivity index (χ3n) is 5.18. The Labute approximate surface area is 145 Å². The van der Waals surface area contributed by atoms with E-state index < -0.39 is 0 Å². The molecule has 2 aliphatic rings. The van der Waals surface area contributed by atoms with Crippen molar-refractivity contribution in [2.24, 2.45) is 5.92 Å². The second-order valence-electron chi connectivity index (χ2n) is 6.73. The van der Waals surface area contributed by atoms with Crippen molar-refractivity contribution in [3.8, 4) is 0 Å². The number of likely N-dealkylation sites (tertiary alicyclic amines) is 1. The zero-order valence-corrected chi connectivity index (χ0v) is 14.4. The fourth-order valence-corrected chi connectivity index (χ4v) is 4.66. The SMILES string of the molecule is Cc1ccccc1C(=O)N1CC2CC(NC(=O)c3cccs3)C1C2. The Kier molecular flexibility index (Phi) is 3.88. The molecule has 1 aliphatic heterocycles. The van der Waals surface area contributed by atoms with E-state index in [9.17, 15) is 9.59 Å². The highest BCUT2D eigenvalue weighted by atomic mass is 32.1. The maximum Gasteiger partial charge on any atom is 0.261 e. The number of hydrogen-bond donors (Lipinski definition) is 1. The van der Waals surface area contributed by atoms with Gasteiger partial charge in [-0.3, -0.25) is 9.59 Å². The molecule has 2 bridgehead atoms. The number of piperidine rings is 1. The number of benzene rings is 1. The maximum atomic E-state index is 12.9. The number of amides is 2. The number of carbonyl (C=O) groups excluding carboxylic acids is 2. The third-order valence-corrected chi connectivity index (χ3v) is 6.05. The summed E-state index contributed by atoms with van der Waals surface area (Å²) in [6.45, 7) is 2.78. The van der Waals surface area contributed by atoms with Gasteiger partial charge in [-0.1, -0.05) is 24.3 Å². The fourth-order valence-electron chi connectivity index (χ4n) is 4.03. The van der Waals surface area contributed by atoms with Gasteiger partial charge >= 0.3 is 0 Å². The fraction of sp³-hybridized carbons (Fsp3) is 0.368. The Morgan fingerprint density at radius 3 is 2.71 bits per heavy atom. The van der Waals surface area contributed by atoms with Gasteiger partial charge in [-0.2, -0.15) is 0 Å². The molecule has 124 valence electrons. The molecule has 1 aromatic heterocycles. The van der Waals surface area contributed by atoms with E-state index in [1.165, 1.54) is 11.3 Å². The van der Waals surface area contributed by atoms with Gasteiger partial charge in [0.05, 0.1) is 10.9 Å². The summed E-state index contributed by atoms with van der Waals surface area (Å²) in [5, 5.41) is 5.05. The Bertz CT molecular complexity index is 771. The van der Waals surface area contributed by atoms with Crippen LogP contribution in [-0.2, 0) is 0 Å². The summed E-state index contributed by atoms with van der Waals surface area (Å²) in [7, 11) is 0. The molecule has 0 radical (unpaired) electrons. The predicted octanol–water partition coefficient (Wildman–Crippen LogP) is 3.09. The monoisotopic (exact) mass is 340 g/mol. The van der Waals surface area contributed by atoms with Gasteiger partial charge in [-0.25, -0.2) is 0 Å². The lowest BCUT2D eigenvalue weighted by Crippen LogP contribution is -2.51. The maximum absolute atomic E-state index is 12.9. The molecular formula is C19H20N2O2S. The van der Waals surface area contributed by atoms with E-state index in [4.69, 9.17) is 0 Å². The number of nitrogens with zero attached hydrogens (tertiary/aromatic N) is 1. The standard InChI is InChI=1S/C19H20N2O2S/c1-12-5-2-3-6-14(12)19(23)21-11-13-9-15(16(21)10-13)20-18(22)17-7-4-8-24-17/h2-8,13,15-16H,9-11H2,1H3,(H,20,22). The van der Waals surface area contributed by atoms with Crippen molar-refractivity contribution in [2.45, 2.75) is 31.8 Å². The molecular weight excluding hydrogens is 320 g/mol. The van der Waals surface area contributed by atoms with Crippen molar-refractivity contribution in [1.82, 2.24) is 10.2 Å². The van der Waals surface area contributed by atoms with Crippen LogP contribution >= 0.6 is 11.3 Å². The average molecular weight is 340 g/mol. The lowest BCUT2D eigenvalue weighted by Gasteiger charge is -2.34. The van der Waals surface area contributed by atoms with Gasteiger partial charge in [0, 0.05) is 18.2 Å². The molecule has 2 heterocycles. The van der Waals surface area contributed by atoms with E-state index >= 15 is 0 Å². The number of carbonyl (C=O) groups is 2. The Balaban J connectivity index is 1.50. The third kappa shape index (κ3) is 2.63. The van der Waals surface area contributed by atoms with Crippen molar-refractivity contribution >= 4 is 23.2 Å². The molecule has 1 aliphatic carbocycles. The van der Waals surface area contributed by atoms with E-state index in [0.29, 0.717) is 5.92 Å². The van der Waals surface area contributed by atoms with Crippen molar-refractivity contribution in [2.75, 3.05) is 6.54 Å². The predicted molar refractivity (Wildman–Crippen MR) is 94.3 cm³/mol.